The second kappa shape index (κ2) is 7.65. The first-order chi connectivity index (χ1) is 6.00. The van der Waals surface area contributed by atoms with Crippen molar-refractivity contribution in [2.24, 2.45) is 0 Å². The van der Waals surface area contributed by atoms with Gasteiger partial charge in [0, 0.05) is 0 Å². The van der Waals surface area contributed by atoms with Gasteiger partial charge in [-0.3, -0.25) is 4.20 Å². The molecule has 96 valence electrons. The minimum absolute atomic E-state index is 1.00. The van der Waals surface area contributed by atoms with Gasteiger partial charge < -0.3 is 18.8 Å². The van der Waals surface area contributed by atoms with E-state index in [-0.39, 0.29) is 0 Å². The van der Waals surface area contributed by atoms with Crippen LogP contribution in [0.15, 0.2) is 0 Å². The highest BCUT2D eigenvalue weighted by atomic mass is 32.5. The van der Waals surface area contributed by atoms with Gasteiger partial charge >= 0.3 is 0 Å². The van der Waals surface area contributed by atoms with E-state index in [4.69, 9.17) is 9.79 Å². The monoisotopic (exact) mass is 262 g/mol. The zero-order valence-electron chi connectivity index (χ0n) is 10.9. The summed E-state index contributed by atoms with van der Waals surface area (Å²) in [5.74, 6) is 0. The maximum absolute atomic E-state index is 10.5. The zero-order chi connectivity index (χ0) is 13.5. The Morgan fingerprint density at radius 2 is 0.800 bits per heavy atom. The van der Waals surface area contributed by atoms with Crippen molar-refractivity contribution in [2.75, 3.05) is 56.4 Å². The van der Waals surface area contributed by atoms with E-state index in [0.717, 1.165) is 8.97 Å². The van der Waals surface area contributed by atoms with Crippen LogP contribution in [0.25, 0.3) is 0 Å². The van der Waals surface area contributed by atoms with E-state index in [2.05, 4.69) is 68.2 Å². The summed E-state index contributed by atoms with van der Waals surface area (Å²) in [5, 5.41) is 0. The van der Waals surface area contributed by atoms with E-state index < -0.39 is 6.80 Å². The van der Waals surface area contributed by atoms with Crippen molar-refractivity contribution in [2.45, 2.75) is 0 Å². The van der Waals surface area contributed by atoms with Gasteiger partial charge in [-0.25, -0.2) is 0 Å². The van der Waals surface area contributed by atoms with E-state index in [0.29, 0.717) is 0 Å². The molecule has 0 aromatic rings. The normalized spacial score (nSPS) is 11.9. The molecule has 0 rings (SSSR count). The lowest BCUT2D eigenvalue weighted by Crippen LogP contribution is -2.27. The maximum Gasteiger partial charge on any atom is 0.0675 e. The summed E-state index contributed by atoms with van der Waals surface area (Å²) >= 11 is 3.16. The molecule has 0 aromatic carbocycles. The SMILES string of the molecule is C[N+](C)(C)C.C[N+](C)(C)C.[O-]P([O-])(F)=S. The Morgan fingerprint density at radius 1 is 0.800 bits per heavy atom. The molecule has 0 heterocycles. The molecule has 15 heavy (non-hydrogen) atoms. The van der Waals surface area contributed by atoms with Crippen LogP contribution in [0, 0.1) is 0 Å². The van der Waals surface area contributed by atoms with Crippen LogP contribution in [-0.2, 0) is 11.8 Å². The number of halogens is 1. The molecule has 0 fully saturated rings. The fraction of sp³-hybridized carbons (Fsp3) is 1.00. The van der Waals surface area contributed by atoms with Crippen LogP contribution in [0.1, 0.15) is 0 Å². The predicted octanol–water partition coefficient (Wildman–Crippen LogP) is -0.454. The highest BCUT2D eigenvalue weighted by molar-refractivity contribution is 8.05. The highest BCUT2D eigenvalue weighted by Crippen LogP contribution is 2.23. The zero-order valence-corrected chi connectivity index (χ0v) is 12.7. The van der Waals surface area contributed by atoms with Gasteiger partial charge in [-0.15, -0.1) is 0 Å². The van der Waals surface area contributed by atoms with Gasteiger partial charge in [0.25, 0.3) is 0 Å². The molecule has 0 amide bonds. The van der Waals surface area contributed by atoms with Crippen molar-refractivity contribution in [1.82, 2.24) is 0 Å². The number of quaternary nitrogens is 2. The largest absolute Gasteiger partial charge is 0.808 e. The molecule has 0 saturated carbocycles. The van der Waals surface area contributed by atoms with Crippen molar-refractivity contribution < 1.29 is 22.9 Å². The average Bonchev–Trinajstić information content (AvgIpc) is 1.41. The Labute approximate surface area is 98.4 Å². The molecule has 0 unspecified atom stereocenters. The molecule has 0 aromatic heterocycles. The van der Waals surface area contributed by atoms with Crippen molar-refractivity contribution in [1.29, 1.82) is 0 Å². The van der Waals surface area contributed by atoms with Crippen molar-refractivity contribution in [3.63, 3.8) is 0 Å². The number of nitrogens with zero attached hydrogens (tertiary/aromatic N) is 2. The molecule has 7 heteroatoms. The van der Waals surface area contributed by atoms with E-state index in [1.54, 1.807) is 0 Å². The minimum atomic E-state index is -4.81. The molecule has 0 aliphatic carbocycles. The molecule has 0 spiro atoms. The molecule has 0 N–H and O–H groups in total. The lowest BCUT2D eigenvalue weighted by Gasteiger charge is -2.21. The summed E-state index contributed by atoms with van der Waals surface area (Å²) in [6, 6.07) is 0. The third kappa shape index (κ3) is 12600. The number of hydrogen-bond acceptors (Lipinski definition) is 3. The fourth-order valence-electron chi connectivity index (χ4n) is 0. The molecule has 0 atom stereocenters. The molecule has 0 aliphatic heterocycles. The molecule has 4 nitrogen and oxygen atoms in total. The maximum atomic E-state index is 10.5. The van der Waals surface area contributed by atoms with Gasteiger partial charge in [0.2, 0.25) is 0 Å². The smallest absolute Gasteiger partial charge is 0.0675 e. The molecule has 0 radical (unpaired) electrons. The van der Waals surface area contributed by atoms with Crippen LogP contribution >= 0.6 is 6.80 Å². The van der Waals surface area contributed by atoms with Crippen LogP contribution in [0.4, 0.5) is 4.20 Å². The Hall–Kier alpha value is 0.420. The van der Waals surface area contributed by atoms with Gasteiger partial charge in [0.1, 0.15) is 0 Å². The summed E-state index contributed by atoms with van der Waals surface area (Å²) in [4.78, 5) is 17.6. The Bertz CT molecular complexity index is 164. The Balaban J connectivity index is -0.000000144. The quantitative estimate of drug-likeness (QED) is 0.439. The van der Waals surface area contributed by atoms with Gasteiger partial charge in [-0.2, -0.15) is 0 Å². The van der Waals surface area contributed by atoms with E-state index in [1.807, 2.05) is 0 Å². The summed E-state index contributed by atoms with van der Waals surface area (Å²) < 4.78 is 12.5. The van der Waals surface area contributed by atoms with Crippen LogP contribution in [0.3, 0.4) is 0 Å². The van der Waals surface area contributed by atoms with Crippen LogP contribution in [-0.4, -0.2) is 65.3 Å². The molecule has 0 saturated heterocycles. The van der Waals surface area contributed by atoms with Crippen molar-refractivity contribution in [3.8, 4) is 0 Å². The van der Waals surface area contributed by atoms with E-state index in [9.17, 15) is 4.20 Å². The van der Waals surface area contributed by atoms with Crippen LogP contribution in [0.5, 0.6) is 0 Å². The minimum Gasteiger partial charge on any atom is -0.808 e. The third-order valence-corrected chi connectivity index (χ3v) is 0. The lowest BCUT2D eigenvalue weighted by molar-refractivity contribution is -0.849. The second-order valence-electron chi connectivity index (χ2n) is 5.80. The predicted molar refractivity (Wildman–Crippen MR) is 63.3 cm³/mol. The third-order valence-electron chi connectivity index (χ3n) is 0. The highest BCUT2D eigenvalue weighted by Gasteiger charge is 1.88. The van der Waals surface area contributed by atoms with Gasteiger partial charge in [0.05, 0.1) is 56.4 Å². The molecular weight excluding hydrogens is 238 g/mol. The number of rotatable bonds is 0. The summed E-state index contributed by atoms with van der Waals surface area (Å²) in [6.07, 6.45) is 0. The molecule has 0 bridgehead atoms. The Kier molecular flexibility index (Phi) is 10.6. The lowest BCUT2D eigenvalue weighted by atomic mass is 10.8. The average molecular weight is 262 g/mol. The summed E-state index contributed by atoms with van der Waals surface area (Å²) in [7, 11) is 17.0. The summed E-state index contributed by atoms with van der Waals surface area (Å²) in [5.41, 5.74) is 0. The molecule has 0 aliphatic rings. The second-order valence-corrected chi connectivity index (χ2v) is 7.97. The van der Waals surface area contributed by atoms with Gasteiger partial charge in [0.15, 0.2) is 0 Å². The van der Waals surface area contributed by atoms with E-state index in [1.165, 1.54) is 0 Å². The van der Waals surface area contributed by atoms with E-state index >= 15 is 0 Å². The van der Waals surface area contributed by atoms with Gasteiger partial charge in [-0.05, 0) is 6.80 Å². The number of hydrogen-bond donors (Lipinski definition) is 0. The van der Waals surface area contributed by atoms with Crippen LogP contribution < -0.4 is 9.79 Å². The summed E-state index contributed by atoms with van der Waals surface area (Å²) in [6.45, 7) is -4.81. The first-order valence-electron chi connectivity index (χ1n) is 4.29. The first-order valence-corrected chi connectivity index (χ1v) is 6.82. The first kappa shape index (κ1) is 20.8. The van der Waals surface area contributed by atoms with Crippen molar-refractivity contribution >= 4 is 18.6 Å². The topological polar surface area (TPSA) is 46.1 Å². The fourth-order valence-corrected chi connectivity index (χ4v) is 0. The van der Waals surface area contributed by atoms with Gasteiger partial charge in [-0.1, -0.05) is 11.8 Å². The standard InChI is InChI=1S/2C4H12N.FH2O2PS/c2*1-5(2,3)4;1-4(2,3)5/h2*1-4H3;(H2,2,3,5)/q2*+1;/p-2. The Morgan fingerprint density at radius 3 is 0.800 bits per heavy atom. The van der Waals surface area contributed by atoms with Crippen molar-refractivity contribution in [3.05, 3.63) is 0 Å². The van der Waals surface area contributed by atoms with Crippen LogP contribution in [0.2, 0.25) is 0 Å². The molecular formula is C8H24FN2O2PS.